The van der Waals surface area contributed by atoms with E-state index in [0.29, 0.717) is 11.3 Å². The van der Waals surface area contributed by atoms with E-state index < -0.39 is 25.1 Å². The number of H-pyrrole nitrogens is 1. The van der Waals surface area contributed by atoms with Crippen LogP contribution in [-0.2, 0) is 4.74 Å². The molecule has 4 rings (SSSR count). The van der Waals surface area contributed by atoms with Crippen LogP contribution in [0.3, 0.4) is 0 Å². The third kappa shape index (κ3) is 4.35. The van der Waals surface area contributed by atoms with Crippen LogP contribution in [0.1, 0.15) is 21.6 Å². The zero-order valence-electron chi connectivity index (χ0n) is 15.6. The lowest BCUT2D eigenvalue weighted by Gasteiger charge is -2.21. The minimum atomic E-state index is -5.00. The molecular formula is C18H14BF3N4O5. The van der Waals surface area contributed by atoms with Gasteiger partial charge in [0.1, 0.15) is 12.2 Å². The average molecular weight is 434 g/mol. The molecule has 0 aliphatic carbocycles. The summed E-state index contributed by atoms with van der Waals surface area (Å²) in [5.74, 6) is -0.532. The highest BCUT2D eigenvalue weighted by Crippen LogP contribution is 2.41. The first-order valence-electron chi connectivity index (χ1n) is 8.81. The van der Waals surface area contributed by atoms with Crippen molar-refractivity contribution in [3.63, 3.8) is 0 Å². The maximum atomic E-state index is 12.9. The normalized spacial score (nSPS) is 15.0. The highest BCUT2D eigenvalue weighted by Gasteiger charge is 2.34. The molecule has 0 fully saturated rings. The summed E-state index contributed by atoms with van der Waals surface area (Å²) in [5, 5.41) is 19.0. The fourth-order valence-electron chi connectivity index (χ4n) is 3.09. The van der Waals surface area contributed by atoms with E-state index in [1.807, 2.05) is 0 Å². The SMILES string of the molecule is NC(=O)c1c(Nc2cc3c(c(OC(F)(F)F)c2)OB(O)C=C3)n[nH]c1C1=CC=COC1. The Hall–Kier alpha value is -3.87. The predicted octanol–water partition coefficient (Wildman–Crippen LogP) is 2.50. The van der Waals surface area contributed by atoms with Crippen molar-refractivity contribution in [1.29, 1.82) is 0 Å². The molecule has 0 unspecified atom stereocenters. The lowest BCUT2D eigenvalue weighted by atomic mass is 9.86. The molecule has 0 radical (unpaired) electrons. The Kier molecular flexibility index (Phi) is 5.11. The number of amides is 1. The number of allylic oxidation sites excluding steroid dienone is 2. The van der Waals surface area contributed by atoms with Crippen molar-refractivity contribution in [2.24, 2.45) is 5.73 Å². The van der Waals surface area contributed by atoms with Crippen molar-refractivity contribution in [3.8, 4) is 11.5 Å². The number of nitrogens with two attached hydrogens (primary N) is 1. The van der Waals surface area contributed by atoms with E-state index in [1.165, 1.54) is 24.4 Å². The van der Waals surface area contributed by atoms with E-state index in [1.54, 1.807) is 12.2 Å². The molecule has 160 valence electrons. The monoisotopic (exact) mass is 434 g/mol. The summed E-state index contributed by atoms with van der Waals surface area (Å²) in [7, 11) is -1.42. The smallest absolute Gasteiger partial charge is 0.530 e. The van der Waals surface area contributed by atoms with Crippen molar-refractivity contribution in [2.45, 2.75) is 6.36 Å². The van der Waals surface area contributed by atoms with Crippen molar-refractivity contribution in [1.82, 2.24) is 10.2 Å². The van der Waals surface area contributed by atoms with E-state index in [2.05, 4.69) is 20.3 Å². The van der Waals surface area contributed by atoms with Crippen LogP contribution in [0.15, 0.2) is 36.5 Å². The number of aromatic nitrogens is 2. The van der Waals surface area contributed by atoms with Gasteiger partial charge in [-0.05, 0) is 18.1 Å². The van der Waals surface area contributed by atoms with Gasteiger partial charge in [-0.1, -0.05) is 12.2 Å². The molecule has 1 aromatic carbocycles. The van der Waals surface area contributed by atoms with Crippen LogP contribution in [0.2, 0.25) is 0 Å². The first kappa shape index (κ1) is 20.4. The summed E-state index contributed by atoms with van der Waals surface area (Å²) in [5.41, 5.74) is 6.74. The lowest BCUT2D eigenvalue weighted by molar-refractivity contribution is -0.275. The van der Waals surface area contributed by atoms with Gasteiger partial charge in [-0.3, -0.25) is 9.89 Å². The van der Waals surface area contributed by atoms with Gasteiger partial charge >= 0.3 is 13.5 Å². The van der Waals surface area contributed by atoms with Crippen molar-refractivity contribution >= 4 is 36.2 Å². The number of nitrogens with zero attached hydrogens (tertiary/aromatic N) is 1. The van der Waals surface area contributed by atoms with Crippen molar-refractivity contribution < 1.29 is 37.1 Å². The average Bonchev–Trinajstić information content (AvgIpc) is 3.12. The van der Waals surface area contributed by atoms with Gasteiger partial charge in [-0.15, -0.1) is 13.2 Å². The highest BCUT2D eigenvalue weighted by atomic mass is 19.4. The molecule has 0 saturated heterocycles. The Bertz CT molecular complexity index is 1130. The van der Waals surface area contributed by atoms with Crippen LogP contribution < -0.4 is 20.4 Å². The Morgan fingerprint density at radius 3 is 2.87 bits per heavy atom. The molecule has 2 aliphatic rings. The molecule has 2 aliphatic heterocycles. The molecular weight excluding hydrogens is 420 g/mol. The molecule has 5 N–H and O–H groups in total. The Balaban J connectivity index is 1.73. The number of halogens is 3. The molecule has 0 saturated carbocycles. The van der Waals surface area contributed by atoms with E-state index in [4.69, 9.17) is 15.1 Å². The number of anilines is 2. The van der Waals surface area contributed by atoms with E-state index >= 15 is 0 Å². The fraction of sp³-hybridized carbons (Fsp3) is 0.111. The lowest BCUT2D eigenvalue weighted by Crippen LogP contribution is -2.24. The predicted molar refractivity (Wildman–Crippen MR) is 104 cm³/mol. The summed E-state index contributed by atoms with van der Waals surface area (Å²) in [4.78, 5) is 12.1. The summed E-state index contributed by atoms with van der Waals surface area (Å²) in [6.45, 7) is 0.172. The number of hydrogen-bond acceptors (Lipinski definition) is 7. The minimum Gasteiger partial charge on any atom is -0.530 e. The second kappa shape index (κ2) is 7.76. The number of fused-ring (bicyclic) bond motifs is 1. The van der Waals surface area contributed by atoms with E-state index in [0.717, 1.165) is 6.07 Å². The maximum absolute atomic E-state index is 12.9. The fourth-order valence-corrected chi connectivity index (χ4v) is 3.09. The zero-order chi connectivity index (χ0) is 22.2. The first-order valence-corrected chi connectivity index (χ1v) is 8.81. The van der Waals surface area contributed by atoms with Crippen LogP contribution >= 0.6 is 0 Å². The first-order chi connectivity index (χ1) is 14.7. The number of alkyl halides is 3. The Morgan fingerprint density at radius 2 is 2.19 bits per heavy atom. The third-order valence-electron chi connectivity index (χ3n) is 4.30. The molecule has 0 atom stereocenters. The molecule has 1 amide bonds. The van der Waals surface area contributed by atoms with Gasteiger partial charge in [0.25, 0.3) is 5.91 Å². The summed E-state index contributed by atoms with van der Waals surface area (Å²) in [6.07, 6.45) is 1.18. The number of nitrogens with one attached hydrogen (secondary N) is 2. The number of primary amides is 1. The van der Waals surface area contributed by atoms with Gasteiger partial charge in [0.05, 0.1) is 12.0 Å². The molecule has 2 aromatic rings. The quantitative estimate of drug-likeness (QED) is 0.532. The topological polar surface area (TPSA) is 132 Å². The molecule has 1 aromatic heterocycles. The number of aromatic amines is 1. The van der Waals surface area contributed by atoms with Gasteiger partial charge in [0, 0.05) is 22.9 Å². The standard InChI is InChI=1S/C18H14BF3N4O5/c20-18(21,22)30-12-7-11(6-9-3-4-19(28)31-15(9)12)24-17-13(16(23)27)14(25-26-17)10-2-1-5-29-8-10/h1-7,28H,8H2,(H2,23,27)(H2,24,25,26). The minimum absolute atomic E-state index is 0.00312. The highest BCUT2D eigenvalue weighted by molar-refractivity contribution is 6.51. The molecule has 9 nitrogen and oxygen atoms in total. The van der Waals surface area contributed by atoms with Crippen LogP contribution in [0, 0.1) is 0 Å². The molecule has 0 spiro atoms. The van der Waals surface area contributed by atoms with Crippen molar-refractivity contribution in [2.75, 3.05) is 11.9 Å². The number of benzene rings is 1. The summed E-state index contributed by atoms with van der Waals surface area (Å²) in [6, 6.07) is 2.44. The number of carbonyl (C=O) groups is 1. The molecule has 31 heavy (non-hydrogen) atoms. The molecule has 0 bridgehead atoms. The van der Waals surface area contributed by atoms with Gasteiger partial charge in [-0.2, -0.15) is 5.10 Å². The molecule has 13 heteroatoms. The van der Waals surface area contributed by atoms with Gasteiger partial charge < -0.3 is 30.2 Å². The van der Waals surface area contributed by atoms with Gasteiger partial charge in [0.15, 0.2) is 17.3 Å². The number of hydrogen-bond donors (Lipinski definition) is 4. The number of ether oxygens (including phenoxy) is 2. The second-order valence-corrected chi connectivity index (χ2v) is 6.45. The zero-order valence-corrected chi connectivity index (χ0v) is 15.6. The Labute approximate surface area is 173 Å². The van der Waals surface area contributed by atoms with Crippen LogP contribution in [-0.4, -0.2) is 41.2 Å². The third-order valence-corrected chi connectivity index (χ3v) is 4.30. The van der Waals surface area contributed by atoms with Crippen LogP contribution in [0.25, 0.3) is 11.6 Å². The van der Waals surface area contributed by atoms with Gasteiger partial charge in [-0.25, -0.2) is 0 Å². The van der Waals surface area contributed by atoms with Crippen LogP contribution in [0.5, 0.6) is 11.5 Å². The largest absolute Gasteiger partial charge is 0.573 e. The Morgan fingerprint density at radius 1 is 1.39 bits per heavy atom. The van der Waals surface area contributed by atoms with E-state index in [9.17, 15) is 23.0 Å². The number of rotatable bonds is 5. The second-order valence-electron chi connectivity index (χ2n) is 6.45. The summed E-state index contributed by atoms with van der Waals surface area (Å²) < 4.78 is 52.9. The van der Waals surface area contributed by atoms with Crippen molar-refractivity contribution in [3.05, 3.63) is 53.3 Å². The summed E-state index contributed by atoms with van der Waals surface area (Å²) >= 11 is 0. The maximum Gasteiger partial charge on any atom is 0.573 e. The molecule has 3 heterocycles. The van der Waals surface area contributed by atoms with Crippen LogP contribution in [0.4, 0.5) is 24.7 Å². The number of carbonyl (C=O) groups excluding carboxylic acids is 1. The van der Waals surface area contributed by atoms with E-state index in [-0.39, 0.29) is 35.0 Å². The van der Waals surface area contributed by atoms with Gasteiger partial charge in [0.2, 0.25) is 0 Å².